The highest BCUT2D eigenvalue weighted by molar-refractivity contribution is 8.00. The molecule has 7 nitrogen and oxygen atoms in total. The summed E-state index contributed by atoms with van der Waals surface area (Å²) in [5, 5.41) is 14.2. The Labute approximate surface area is 170 Å². The average Bonchev–Trinajstić information content (AvgIpc) is 2.66. The zero-order valence-electron chi connectivity index (χ0n) is 14.8. The van der Waals surface area contributed by atoms with Crippen LogP contribution in [0.1, 0.15) is 0 Å². The van der Waals surface area contributed by atoms with Gasteiger partial charge < -0.3 is 20.5 Å². The molecule has 0 radical (unpaired) electrons. The molecule has 2 amide bonds. The Morgan fingerprint density at radius 3 is 2.36 bits per heavy atom. The maximum atomic E-state index is 12.1. The highest BCUT2D eigenvalue weighted by Crippen LogP contribution is 2.27. The second kappa shape index (κ2) is 10.4. The van der Waals surface area contributed by atoms with Crippen LogP contribution in [0.4, 0.5) is 11.4 Å². The maximum absolute atomic E-state index is 12.1. The lowest BCUT2D eigenvalue weighted by Gasteiger charge is -2.08. The van der Waals surface area contributed by atoms with Gasteiger partial charge in [-0.05, 0) is 42.5 Å². The zero-order valence-corrected chi connectivity index (χ0v) is 16.3. The van der Waals surface area contributed by atoms with Crippen LogP contribution in [-0.4, -0.2) is 35.8 Å². The first-order valence-electron chi connectivity index (χ1n) is 7.95. The molecule has 0 aromatic heterocycles. The Hall–Kier alpha value is -2.97. The first kappa shape index (κ1) is 21.3. The van der Waals surface area contributed by atoms with E-state index in [1.807, 2.05) is 0 Å². The Morgan fingerprint density at radius 2 is 1.75 bits per heavy atom. The molecule has 3 N–H and O–H groups in total. The zero-order chi connectivity index (χ0) is 20.5. The molecule has 0 heterocycles. The third-order valence-electron chi connectivity index (χ3n) is 3.30. The minimum absolute atomic E-state index is 0.191. The Morgan fingerprint density at radius 1 is 1.07 bits per heavy atom. The van der Waals surface area contributed by atoms with Crippen molar-refractivity contribution in [3.05, 3.63) is 59.6 Å². The van der Waals surface area contributed by atoms with Gasteiger partial charge in [-0.1, -0.05) is 11.6 Å². The highest BCUT2D eigenvalue weighted by atomic mass is 35.5. The predicted octanol–water partition coefficient (Wildman–Crippen LogP) is 3.66. The molecule has 2 aromatic rings. The quantitative estimate of drug-likeness (QED) is 0.444. The number of anilines is 2. The van der Waals surface area contributed by atoms with Gasteiger partial charge in [0.1, 0.15) is 5.75 Å². The molecule has 0 bridgehead atoms. The molecule has 0 atom stereocenters. The van der Waals surface area contributed by atoms with Crippen molar-refractivity contribution in [2.45, 2.75) is 4.90 Å². The van der Waals surface area contributed by atoms with Crippen LogP contribution in [0.2, 0.25) is 5.02 Å². The molecule has 2 aromatic carbocycles. The SMILES string of the molecule is COc1ccc(NC(=O)CSc2ccc(NC(=O)/C=C/C(=O)O)cc2)cc1Cl. The van der Waals surface area contributed by atoms with Crippen LogP contribution >= 0.6 is 23.4 Å². The molecule has 0 aliphatic carbocycles. The summed E-state index contributed by atoms with van der Waals surface area (Å²) in [6.45, 7) is 0. The molecule has 146 valence electrons. The molecule has 0 saturated carbocycles. The molecular formula is C19H17ClN2O5S. The van der Waals surface area contributed by atoms with E-state index in [4.69, 9.17) is 21.4 Å². The third kappa shape index (κ3) is 6.98. The lowest BCUT2D eigenvalue weighted by molar-refractivity contribution is -0.131. The van der Waals surface area contributed by atoms with Gasteiger partial charge in [0, 0.05) is 28.4 Å². The number of carboxylic acid groups (broad SMARTS) is 1. The number of hydrogen-bond acceptors (Lipinski definition) is 5. The highest BCUT2D eigenvalue weighted by Gasteiger charge is 2.07. The monoisotopic (exact) mass is 420 g/mol. The van der Waals surface area contributed by atoms with Crippen LogP contribution < -0.4 is 15.4 Å². The number of halogens is 1. The molecule has 0 aliphatic rings. The number of ether oxygens (including phenoxy) is 1. The predicted molar refractivity (Wildman–Crippen MR) is 109 cm³/mol. The molecule has 0 aliphatic heterocycles. The summed E-state index contributed by atoms with van der Waals surface area (Å²) in [4.78, 5) is 34.8. The topological polar surface area (TPSA) is 105 Å². The summed E-state index contributed by atoms with van der Waals surface area (Å²) in [5.41, 5.74) is 1.09. The summed E-state index contributed by atoms with van der Waals surface area (Å²) < 4.78 is 5.06. The number of carbonyl (C=O) groups is 3. The molecule has 0 saturated heterocycles. The van der Waals surface area contributed by atoms with E-state index in [2.05, 4.69) is 10.6 Å². The number of benzene rings is 2. The van der Waals surface area contributed by atoms with Crippen molar-refractivity contribution in [1.29, 1.82) is 0 Å². The van der Waals surface area contributed by atoms with Gasteiger partial charge in [-0.2, -0.15) is 0 Å². The Kier molecular flexibility index (Phi) is 7.91. The number of methoxy groups -OCH3 is 1. The average molecular weight is 421 g/mol. The van der Waals surface area contributed by atoms with Crippen LogP contribution in [-0.2, 0) is 14.4 Å². The van der Waals surface area contributed by atoms with Gasteiger partial charge in [0.15, 0.2) is 0 Å². The summed E-state index contributed by atoms with van der Waals surface area (Å²) in [6.07, 6.45) is 1.69. The van der Waals surface area contributed by atoms with Crippen molar-refractivity contribution in [3.63, 3.8) is 0 Å². The van der Waals surface area contributed by atoms with Crippen LogP contribution in [0.15, 0.2) is 59.5 Å². The van der Waals surface area contributed by atoms with E-state index in [0.717, 1.165) is 17.0 Å². The van der Waals surface area contributed by atoms with Crippen molar-refractivity contribution in [2.24, 2.45) is 0 Å². The normalized spacial score (nSPS) is 10.5. The minimum Gasteiger partial charge on any atom is -0.495 e. The number of carbonyl (C=O) groups excluding carboxylic acids is 2. The molecule has 0 spiro atoms. The molecule has 0 unspecified atom stereocenters. The van der Waals surface area contributed by atoms with Crippen molar-refractivity contribution in [3.8, 4) is 5.75 Å². The number of thioether (sulfide) groups is 1. The van der Waals surface area contributed by atoms with Gasteiger partial charge >= 0.3 is 5.97 Å². The number of aliphatic carboxylic acids is 1. The van der Waals surface area contributed by atoms with Crippen molar-refractivity contribution >= 4 is 52.5 Å². The lowest BCUT2D eigenvalue weighted by Crippen LogP contribution is -2.14. The van der Waals surface area contributed by atoms with Crippen molar-refractivity contribution < 1.29 is 24.2 Å². The van der Waals surface area contributed by atoms with Crippen LogP contribution in [0, 0.1) is 0 Å². The van der Waals surface area contributed by atoms with Crippen LogP contribution in [0.5, 0.6) is 5.75 Å². The van der Waals surface area contributed by atoms with Crippen molar-refractivity contribution in [1.82, 2.24) is 0 Å². The Bertz CT molecular complexity index is 900. The van der Waals surface area contributed by atoms with Gasteiger partial charge in [-0.15, -0.1) is 11.8 Å². The standard InChI is InChI=1S/C19H17ClN2O5S/c1-27-16-7-4-13(10-15(16)20)22-18(24)11-28-14-5-2-12(3-6-14)21-17(23)8-9-19(25)26/h2-10H,11H2,1H3,(H,21,23)(H,22,24)(H,25,26)/b9-8+. The fourth-order valence-corrected chi connectivity index (χ4v) is 3.01. The van der Waals surface area contributed by atoms with E-state index in [0.29, 0.717) is 22.1 Å². The smallest absolute Gasteiger partial charge is 0.328 e. The molecule has 28 heavy (non-hydrogen) atoms. The van der Waals surface area contributed by atoms with E-state index < -0.39 is 11.9 Å². The van der Waals surface area contributed by atoms with E-state index in [1.54, 1.807) is 42.5 Å². The fraction of sp³-hybridized carbons (Fsp3) is 0.105. The van der Waals surface area contributed by atoms with Gasteiger partial charge in [-0.25, -0.2) is 4.79 Å². The van der Waals surface area contributed by atoms with E-state index in [1.165, 1.54) is 18.9 Å². The maximum Gasteiger partial charge on any atom is 0.328 e. The van der Waals surface area contributed by atoms with E-state index >= 15 is 0 Å². The van der Waals surface area contributed by atoms with Crippen LogP contribution in [0.25, 0.3) is 0 Å². The molecule has 0 fully saturated rings. The third-order valence-corrected chi connectivity index (χ3v) is 4.61. The van der Waals surface area contributed by atoms with E-state index in [-0.39, 0.29) is 11.7 Å². The number of nitrogens with one attached hydrogen (secondary N) is 2. The fourth-order valence-electron chi connectivity index (χ4n) is 2.06. The van der Waals surface area contributed by atoms with Gasteiger partial charge in [-0.3, -0.25) is 9.59 Å². The van der Waals surface area contributed by atoms with Gasteiger partial charge in [0.2, 0.25) is 11.8 Å². The van der Waals surface area contributed by atoms with E-state index in [9.17, 15) is 14.4 Å². The largest absolute Gasteiger partial charge is 0.495 e. The summed E-state index contributed by atoms with van der Waals surface area (Å²) in [6, 6.07) is 11.8. The van der Waals surface area contributed by atoms with Crippen LogP contribution in [0.3, 0.4) is 0 Å². The number of hydrogen-bond donors (Lipinski definition) is 3. The molecule has 9 heteroatoms. The van der Waals surface area contributed by atoms with Gasteiger partial charge in [0.05, 0.1) is 17.9 Å². The summed E-state index contributed by atoms with van der Waals surface area (Å²) in [7, 11) is 1.51. The second-order valence-corrected chi connectivity index (χ2v) is 6.83. The van der Waals surface area contributed by atoms with Crippen molar-refractivity contribution in [2.75, 3.05) is 23.5 Å². The summed E-state index contributed by atoms with van der Waals surface area (Å²) >= 11 is 7.35. The number of carboxylic acids is 1. The summed E-state index contributed by atoms with van der Waals surface area (Å²) in [5.74, 6) is -1.21. The Balaban J connectivity index is 1.84. The number of amides is 2. The second-order valence-electron chi connectivity index (χ2n) is 5.37. The van der Waals surface area contributed by atoms with Gasteiger partial charge in [0.25, 0.3) is 0 Å². The number of rotatable bonds is 8. The lowest BCUT2D eigenvalue weighted by atomic mass is 10.3. The minimum atomic E-state index is -1.20. The molecule has 2 rings (SSSR count). The first-order chi connectivity index (χ1) is 13.4. The first-order valence-corrected chi connectivity index (χ1v) is 9.32. The molecular weight excluding hydrogens is 404 g/mol.